The smallest absolute Gasteiger partial charge is 0.341 e. The summed E-state index contributed by atoms with van der Waals surface area (Å²) in [5.41, 5.74) is 3.36. The summed E-state index contributed by atoms with van der Waals surface area (Å²) in [7, 11) is 1.34. The van der Waals surface area contributed by atoms with Crippen LogP contribution in [0.5, 0.6) is 0 Å². The number of ether oxygens (including phenoxy) is 1. The minimum atomic E-state index is -0.488. The van der Waals surface area contributed by atoms with E-state index in [2.05, 4.69) is 46.7 Å². The number of carbonyl (C=O) groups excluding carboxylic acids is 2. The van der Waals surface area contributed by atoms with E-state index in [0.29, 0.717) is 21.5 Å². The van der Waals surface area contributed by atoms with Gasteiger partial charge in [-0.05, 0) is 57.5 Å². The number of anilines is 1. The molecule has 0 aliphatic rings. The Kier molecular flexibility index (Phi) is 8.73. The van der Waals surface area contributed by atoms with Gasteiger partial charge in [0.1, 0.15) is 10.8 Å². The molecule has 0 bridgehead atoms. The predicted octanol–water partition coefficient (Wildman–Crippen LogP) is 6.45. The van der Waals surface area contributed by atoms with Gasteiger partial charge in [-0.2, -0.15) is 0 Å². The number of benzene rings is 2. The molecular formula is C27H28N4O3S3. The van der Waals surface area contributed by atoms with Crippen molar-refractivity contribution in [1.29, 1.82) is 0 Å². The molecular weight excluding hydrogens is 525 g/mol. The number of aromatic nitrogens is 3. The molecule has 2 aromatic carbocycles. The molecule has 192 valence electrons. The molecule has 37 heavy (non-hydrogen) atoms. The molecule has 1 atom stereocenters. The topological polar surface area (TPSA) is 86.1 Å². The van der Waals surface area contributed by atoms with Crippen molar-refractivity contribution in [2.45, 2.75) is 48.7 Å². The molecule has 7 nitrogen and oxygen atoms in total. The molecule has 2 heterocycles. The Labute approximate surface area is 229 Å². The van der Waals surface area contributed by atoms with E-state index in [1.807, 2.05) is 55.7 Å². The number of amides is 1. The predicted molar refractivity (Wildman–Crippen MR) is 151 cm³/mol. The number of methoxy groups -OCH3 is 1. The fourth-order valence-electron chi connectivity index (χ4n) is 3.58. The Bertz CT molecular complexity index is 1400. The van der Waals surface area contributed by atoms with Crippen molar-refractivity contribution in [2.75, 3.05) is 12.4 Å². The van der Waals surface area contributed by atoms with E-state index >= 15 is 0 Å². The van der Waals surface area contributed by atoms with Crippen LogP contribution in [0.15, 0.2) is 64.6 Å². The van der Waals surface area contributed by atoms with Gasteiger partial charge in [-0.25, -0.2) is 4.79 Å². The first-order valence-electron chi connectivity index (χ1n) is 11.6. The van der Waals surface area contributed by atoms with Gasteiger partial charge in [0.05, 0.1) is 23.7 Å². The van der Waals surface area contributed by atoms with Crippen molar-refractivity contribution in [2.24, 2.45) is 0 Å². The molecule has 0 spiro atoms. The summed E-state index contributed by atoms with van der Waals surface area (Å²) in [6, 6.07) is 18.3. The summed E-state index contributed by atoms with van der Waals surface area (Å²) >= 11 is 4.38. The lowest BCUT2D eigenvalue weighted by Crippen LogP contribution is -2.23. The van der Waals surface area contributed by atoms with Crippen LogP contribution in [0.25, 0.3) is 5.69 Å². The summed E-state index contributed by atoms with van der Waals surface area (Å²) in [5.74, 6) is 0.735. The fraction of sp³-hybridized carbons (Fsp3) is 0.259. The van der Waals surface area contributed by atoms with Crippen LogP contribution in [-0.2, 0) is 15.3 Å². The van der Waals surface area contributed by atoms with Crippen molar-refractivity contribution < 1.29 is 14.3 Å². The zero-order chi connectivity index (χ0) is 26.5. The van der Waals surface area contributed by atoms with Gasteiger partial charge in [-0.1, -0.05) is 47.7 Å². The number of esters is 1. The summed E-state index contributed by atoms with van der Waals surface area (Å²) < 4.78 is 6.92. The van der Waals surface area contributed by atoms with Crippen molar-refractivity contribution in [1.82, 2.24) is 14.8 Å². The normalized spacial score (nSPS) is 11.8. The monoisotopic (exact) mass is 552 g/mol. The first-order valence-corrected chi connectivity index (χ1v) is 14.3. The van der Waals surface area contributed by atoms with E-state index < -0.39 is 11.2 Å². The van der Waals surface area contributed by atoms with Crippen molar-refractivity contribution in [3.05, 3.63) is 82.0 Å². The maximum absolute atomic E-state index is 13.2. The van der Waals surface area contributed by atoms with Crippen LogP contribution in [-0.4, -0.2) is 39.0 Å². The zero-order valence-electron chi connectivity index (χ0n) is 21.3. The first kappa shape index (κ1) is 27.0. The number of hydrogen-bond acceptors (Lipinski definition) is 8. The van der Waals surface area contributed by atoms with Crippen LogP contribution >= 0.6 is 34.9 Å². The van der Waals surface area contributed by atoms with Crippen LogP contribution in [0, 0.1) is 20.8 Å². The van der Waals surface area contributed by atoms with Crippen molar-refractivity contribution >= 4 is 51.7 Å². The molecule has 1 N–H and O–H groups in total. The van der Waals surface area contributed by atoms with Crippen LogP contribution in [0.2, 0.25) is 0 Å². The highest BCUT2D eigenvalue weighted by atomic mass is 32.2. The third kappa shape index (κ3) is 6.26. The highest BCUT2D eigenvalue weighted by molar-refractivity contribution is 8.00. The summed E-state index contributed by atoms with van der Waals surface area (Å²) in [5, 5.41) is 12.5. The minimum absolute atomic E-state index is 0.227. The van der Waals surface area contributed by atoms with Crippen LogP contribution in [0.3, 0.4) is 0 Å². The van der Waals surface area contributed by atoms with E-state index in [1.54, 1.807) is 11.8 Å². The maximum atomic E-state index is 13.2. The summed E-state index contributed by atoms with van der Waals surface area (Å²) in [6.07, 6.45) is 0. The van der Waals surface area contributed by atoms with Crippen molar-refractivity contribution in [3.8, 4) is 5.69 Å². The average Bonchev–Trinajstić information content (AvgIpc) is 3.42. The minimum Gasteiger partial charge on any atom is -0.465 e. The Morgan fingerprint density at radius 1 is 1.05 bits per heavy atom. The SMILES string of the molecule is COC(=O)c1c(NC(=O)C(C)Sc2nnc(CSc3ccc(C)cc3)n2-c2ccccc2)sc(C)c1C. The standard InChI is InChI=1S/C27H28N4O3S3/c1-16-11-13-21(14-12-16)35-15-22-29-30-27(31(22)20-9-7-6-8-10-20)37-19(4)24(32)28-25-23(26(33)34-5)17(2)18(3)36-25/h6-14,19H,15H2,1-5H3,(H,28,32). The Morgan fingerprint density at radius 2 is 1.76 bits per heavy atom. The molecule has 0 saturated heterocycles. The Balaban J connectivity index is 1.55. The van der Waals surface area contributed by atoms with Gasteiger partial charge < -0.3 is 10.1 Å². The number of thiophene rings is 1. The van der Waals surface area contributed by atoms with Crippen LogP contribution in [0.1, 0.15) is 39.1 Å². The second-order valence-electron chi connectivity index (χ2n) is 8.40. The molecule has 4 rings (SSSR count). The fourth-order valence-corrected chi connectivity index (χ4v) is 6.33. The molecule has 0 saturated carbocycles. The van der Waals surface area contributed by atoms with Gasteiger partial charge in [-0.3, -0.25) is 9.36 Å². The van der Waals surface area contributed by atoms with E-state index in [-0.39, 0.29) is 5.91 Å². The van der Waals surface area contributed by atoms with Crippen LogP contribution < -0.4 is 5.32 Å². The summed E-state index contributed by atoms with van der Waals surface area (Å²) in [4.78, 5) is 27.6. The third-order valence-corrected chi connectivity index (χ3v) is 8.94. The lowest BCUT2D eigenvalue weighted by atomic mass is 10.1. The maximum Gasteiger partial charge on any atom is 0.341 e. The van der Waals surface area contributed by atoms with Gasteiger partial charge in [0, 0.05) is 15.5 Å². The molecule has 0 radical (unpaired) electrons. The first-order chi connectivity index (χ1) is 17.8. The molecule has 0 aliphatic heterocycles. The lowest BCUT2D eigenvalue weighted by molar-refractivity contribution is -0.115. The van der Waals surface area contributed by atoms with Gasteiger partial charge in [0.25, 0.3) is 0 Å². The number of hydrogen-bond donors (Lipinski definition) is 1. The molecule has 1 unspecified atom stereocenters. The number of carbonyl (C=O) groups is 2. The second-order valence-corrected chi connectivity index (χ2v) is 12.0. The Morgan fingerprint density at radius 3 is 2.43 bits per heavy atom. The highest BCUT2D eigenvalue weighted by Crippen LogP contribution is 2.34. The van der Waals surface area contributed by atoms with E-state index in [4.69, 9.17) is 4.74 Å². The van der Waals surface area contributed by atoms with Gasteiger partial charge in [-0.15, -0.1) is 33.3 Å². The number of para-hydroxylation sites is 1. The molecule has 0 aliphatic carbocycles. The van der Waals surface area contributed by atoms with Gasteiger partial charge in [0.2, 0.25) is 5.91 Å². The number of rotatable bonds is 9. The Hall–Kier alpha value is -3.08. The third-order valence-electron chi connectivity index (χ3n) is 5.77. The molecule has 2 aromatic heterocycles. The van der Waals surface area contributed by atoms with Gasteiger partial charge in [0.15, 0.2) is 5.16 Å². The average molecular weight is 553 g/mol. The summed E-state index contributed by atoms with van der Waals surface area (Å²) in [6.45, 7) is 7.65. The van der Waals surface area contributed by atoms with Gasteiger partial charge >= 0.3 is 5.97 Å². The van der Waals surface area contributed by atoms with E-state index in [0.717, 1.165) is 26.8 Å². The number of thioether (sulfide) groups is 2. The number of aryl methyl sites for hydroxylation is 2. The van der Waals surface area contributed by atoms with E-state index in [9.17, 15) is 9.59 Å². The second kappa shape index (κ2) is 12.0. The number of nitrogens with zero attached hydrogens (tertiary/aromatic N) is 3. The van der Waals surface area contributed by atoms with Crippen molar-refractivity contribution in [3.63, 3.8) is 0 Å². The number of nitrogens with one attached hydrogen (secondary N) is 1. The largest absolute Gasteiger partial charge is 0.465 e. The lowest BCUT2D eigenvalue weighted by Gasteiger charge is -2.14. The highest BCUT2D eigenvalue weighted by Gasteiger charge is 2.25. The zero-order valence-corrected chi connectivity index (χ0v) is 23.7. The molecule has 4 aromatic rings. The molecule has 10 heteroatoms. The van der Waals surface area contributed by atoms with Crippen LogP contribution in [0.4, 0.5) is 5.00 Å². The molecule has 1 amide bonds. The quantitative estimate of drug-likeness (QED) is 0.189. The van der Waals surface area contributed by atoms with E-state index in [1.165, 1.54) is 35.8 Å². The molecule has 0 fully saturated rings.